The van der Waals surface area contributed by atoms with Crippen LogP contribution >= 0.6 is 0 Å². The van der Waals surface area contributed by atoms with Crippen molar-refractivity contribution in [3.05, 3.63) is 73.6 Å². The van der Waals surface area contributed by atoms with Crippen molar-refractivity contribution in [1.82, 2.24) is 19.7 Å². The van der Waals surface area contributed by atoms with Gasteiger partial charge in [-0.2, -0.15) is 0 Å². The van der Waals surface area contributed by atoms with Crippen molar-refractivity contribution >= 4 is 28.6 Å². The molecule has 4 aromatic rings. The van der Waals surface area contributed by atoms with Crippen molar-refractivity contribution in [3.63, 3.8) is 0 Å². The van der Waals surface area contributed by atoms with Gasteiger partial charge < -0.3 is 19.6 Å². The Hall–Kier alpha value is -3.85. The van der Waals surface area contributed by atoms with Crippen molar-refractivity contribution in [3.8, 4) is 5.69 Å². The topological polar surface area (TPSA) is 111 Å². The maximum atomic E-state index is 13.2. The van der Waals surface area contributed by atoms with E-state index in [-0.39, 0.29) is 11.2 Å². The maximum Gasteiger partial charge on any atom is 0.323 e. The molecule has 0 unspecified atom stereocenters. The van der Waals surface area contributed by atoms with Gasteiger partial charge in [-0.05, 0) is 56.2 Å². The minimum absolute atomic E-state index is 0.163. The first-order valence-corrected chi connectivity index (χ1v) is 10.9. The summed E-state index contributed by atoms with van der Waals surface area (Å²) in [6.07, 6.45) is 1.60. The van der Waals surface area contributed by atoms with Gasteiger partial charge in [0.15, 0.2) is 0 Å². The van der Waals surface area contributed by atoms with E-state index >= 15 is 0 Å². The van der Waals surface area contributed by atoms with Crippen LogP contribution in [0.3, 0.4) is 0 Å². The smallest absolute Gasteiger partial charge is 0.323 e. The average molecular weight is 447 g/mol. The number of aromatic amines is 3. The van der Waals surface area contributed by atoms with Crippen LogP contribution in [0.1, 0.15) is 22.4 Å². The second-order valence-corrected chi connectivity index (χ2v) is 8.38. The average Bonchev–Trinajstić information content (AvgIpc) is 3.31. The van der Waals surface area contributed by atoms with Crippen LogP contribution in [-0.4, -0.2) is 52.3 Å². The molecule has 0 amide bonds. The van der Waals surface area contributed by atoms with Gasteiger partial charge in [-0.25, -0.2) is 9.48 Å². The van der Waals surface area contributed by atoms with Crippen LogP contribution in [0.15, 0.2) is 44.9 Å². The van der Waals surface area contributed by atoms with Gasteiger partial charge in [0.1, 0.15) is 0 Å². The number of aryl methyl sites for hydroxylation is 3. The molecule has 0 spiro atoms. The number of imidazole rings is 1. The monoisotopic (exact) mass is 446 g/mol. The molecule has 2 aromatic heterocycles. The summed E-state index contributed by atoms with van der Waals surface area (Å²) >= 11 is 0. The lowest BCUT2D eigenvalue weighted by Crippen LogP contribution is -2.36. The number of anilines is 1. The lowest BCUT2D eigenvalue weighted by Gasteiger charge is -2.29. The van der Waals surface area contributed by atoms with Gasteiger partial charge in [-0.1, -0.05) is 6.07 Å². The van der Waals surface area contributed by atoms with Crippen molar-refractivity contribution < 1.29 is 4.74 Å². The Kier molecular flexibility index (Phi) is 5.26. The summed E-state index contributed by atoms with van der Waals surface area (Å²) in [5.41, 5.74) is 6.81. The van der Waals surface area contributed by atoms with E-state index in [2.05, 4.69) is 20.0 Å². The van der Waals surface area contributed by atoms with Gasteiger partial charge in [0.25, 0.3) is 5.56 Å². The maximum absolute atomic E-state index is 13.2. The predicted molar refractivity (Wildman–Crippen MR) is 130 cm³/mol. The third-order valence-electron chi connectivity index (χ3n) is 6.16. The minimum Gasteiger partial charge on any atom is -0.378 e. The molecule has 1 aliphatic rings. The van der Waals surface area contributed by atoms with Crippen molar-refractivity contribution in [2.24, 2.45) is 4.99 Å². The van der Waals surface area contributed by atoms with Gasteiger partial charge in [0.2, 0.25) is 0 Å². The largest absolute Gasteiger partial charge is 0.378 e. The van der Waals surface area contributed by atoms with Crippen LogP contribution in [0.5, 0.6) is 0 Å². The highest BCUT2D eigenvalue weighted by molar-refractivity contribution is 5.91. The SMILES string of the molecule is Cc1ccc(-n2[nH]c(C)c(C=Nc3cc4[nH]c(=O)[nH]c4cc3N3CCOCC3)c2=O)cc1C. The first-order chi connectivity index (χ1) is 15.9. The molecule has 0 bridgehead atoms. The standard InChI is InChI=1S/C24H26N6O3/c1-14-4-5-17(10-15(14)2)30-23(31)18(16(3)28-30)13-25-21-11-19-20(27-24(32)26-19)12-22(21)29-6-8-33-9-7-29/h4-5,10-13,28H,6-9H2,1-3H3,(H2,26,27,32). The lowest BCUT2D eigenvalue weighted by atomic mass is 10.1. The molecule has 0 atom stereocenters. The highest BCUT2D eigenvalue weighted by atomic mass is 16.5. The zero-order valence-electron chi connectivity index (χ0n) is 18.9. The van der Waals surface area contributed by atoms with Gasteiger partial charge in [0, 0.05) is 25.0 Å². The highest BCUT2D eigenvalue weighted by Crippen LogP contribution is 2.32. The fraction of sp³-hybridized carbons (Fsp3) is 0.292. The quantitative estimate of drug-likeness (QED) is 0.419. The number of nitrogens with zero attached hydrogens (tertiary/aromatic N) is 3. The molecule has 5 rings (SSSR count). The highest BCUT2D eigenvalue weighted by Gasteiger charge is 2.17. The van der Waals surface area contributed by atoms with E-state index in [1.54, 1.807) is 10.9 Å². The zero-order valence-corrected chi connectivity index (χ0v) is 18.9. The molecule has 3 heterocycles. The summed E-state index contributed by atoms with van der Waals surface area (Å²) in [5.74, 6) is 0. The molecule has 170 valence electrons. The number of benzene rings is 2. The Morgan fingerprint density at radius 1 is 0.970 bits per heavy atom. The normalized spacial score (nSPS) is 14.6. The van der Waals surface area contributed by atoms with Gasteiger partial charge in [-0.3, -0.25) is 14.9 Å². The molecule has 0 aliphatic carbocycles. The summed E-state index contributed by atoms with van der Waals surface area (Å²) in [4.78, 5) is 37.4. The molecular weight excluding hydrogens is 420 g/mol. The van der Waals surface area contributed by atoms with Crippen molar-refractivity contribution in [1.29, 1.82) is 0 Å². The van der Waals surface area contributed by atoms with Gasteiger partial charge in [-0.15, -0.1) is 0 Å². The van der Waals surface area contributed by atoms with Crippen LogP contribution in [0.25, 0.3) is 16.7 Å². The Morgan fingerprint density at radius 2 is 1.70 bits per heavy atom. The van der Waals surface area contributed by atoms with Crippen molar-refractivity contribution in [2.45, 2.75) is 20.8 Å². The molecule has 0 radical (unpaired) electrons. The van der Waals surface area contributed by atoms with Crippen LogP contribution in [0.2, 0.25) is 0 Å². The number of fused-ring (bicyclic) bond motifs is 1. The number of rotatable bonds is 4. The molecule has 1 saturated heterocycles. The first-order valence-electron chi connectivity index (χ1n) is 10.9. The summed E-state index contributed by atoms with van der Waals surface area (Å²) < 4.78 is 7.02. The summed E-state index contributed by atoms with van der Waals surface area (Å²) in [6.45, 7) is 8.63. The Bertz CT molecular complexity index is 1480. The Balaban J connectivity index is 1.57. The molecule has 0 saturated carbocycles. The number of H-pyrrole nitrogens is 3. The molecule has 9 heteroatoms. The number of hydrogen-bond donors (Lipinski definition) is 3. The van der Waals surface area contributed by atoms with Gasteiger partial charge >= 0.3 is 5.69 Å². The number of hydrogen-bond acceptors (Lipinski definition) is 5. The van der Waals surface area contributed by atoms with E-state index in [4.69, 9.17) is 9.73 Å². The molecule has 1 fully saturated rings. The second-order valence-electron chi connectivity index (χ2n) is 8.38. The van der Waals surface area contributed by atoms with Crippen LogP contribution in [0.4, 0.5) is 11.4 Å². The third-order valence-corrected chi connectivity index (χ3v) is 6.16. The summed E-state index contributed by atoms with van der Waals surface area (Å²) in [6, 6.07) is 9.66. The Morgan fingerprint density at radius 3 is 2.42 bits per heavy atom. The molecule has 9 nitrogen and oxygen atoms in total. The second kappa shape index (κ2) is 8.25. The molecule has 33 heavy (non-hydrogen) atoms. The number of morpholine rings is 1. The minimum atomic E-state index is -0.267. The van der Waals surface area contributed by atoms with Gasteiger partial charge in [0.05, 0.1) is 46.9 Å². The van der Waals surface area contributed by atoms with E-state index < -0.39 is 0 Å². The van der Waals surface area contributed by atoms with Crippen molar-refractivity contribution in [2.75, 3.05) is 31.2 Å². The van der Waals surface area contributed by atoms with E-state index in [1.165, 1.54) is 5.56 Å². The summed E-state index contributed by atoms with van der Waals surface area (Å²) in [7, 11) is 0. The molecular formula is C24H26N6O3. The fourth-order valence-corrected chi connectivity index (χ4v) is 4.11. The van der Waals surface area contributed by atoms with E-state index in [1.807, 2.05) is 51.1 Å². The Labute approximate surface area is 189 Å². The van der Waals surface area contributed by atoms with E-state index in [0.717, 1.165) is 41.2 Å². The molecule has 1 aliphatic heterocycles. The number of nitrogens with one attached hydrogen (secondary N) is 3. The fourth-order valence-electron chi connectivity index (χ4n) is 4.11. The molecule has 2 aromatic carbocycles. The number of aromatic nitrogens is 4. The van der Waals surface area contributed by atoms with E-state index in [0.29, 0.717) is 30.0 Å². The number of ether oxygens (including phenoxy) is 1. The van der Waals surface area contributed by atoms with E-state index in [9.17, 15) is 9.59 Å². The molecule has 3 N–H and O–H groups in total. The summed E-state index contributed by atoms with van der Waals surface area (Å²) in [5, 5.41) is 3.16. The zero-order chi connectivity index (χ0) is 23.1. The predicted octanol–water partition coefficient (Wildman–Crippen LogP) is 2.85. The van der Waals surface area contributed by atoms with Crippen LogP contribution in [0, 0.1) is 20.8 Å². The van der Waals surface area contributed by atoms with Crippen LogP contribution in [-0.2, 0) is 4.74 Å². The first kappa shape index (κ1) is 21.0. The van der Waals surface area contributed by atoms with Crippen LogP contribution < -0.4 is 16.1 Å². The third kappa shape index (κ3) is 3.91. The lowest BCUT2D eigenvalue weighted by molar-refractivity contribution is 0.123. The number of aliphatic imine (C=N–C) groups is 1.